The Morgan fingerprint density at radius 2 is 1.84 bits per heavy atom. The second kappa shape index (κ2) is 7.82. The number of nitro groups is 1. The summed E-state index contributed by atoms with van der Waals surface area (Å²) >= 11 is 1.38. The van der Waals surface area contributed by atoms with Crippen molar-refractivity contribution >= 4 is 49.1 Å². The summed E-state index contributed by atoms with van der Waals surface area (Å²) in [5.74, 6) is 0.191. The molecule has 5 aromatic rings. The van der Waals surface area contributed by atoms with E-state index < -0.39 is 4.92 Å². The number of rotatable bonds is 5. The van der Waals surface area contributed by atoms with Crippen molar-refractivity contribution in [1.82, 2.24) is 19.9 Å². The van der Waals surface area contributed by atoms with Crippen LogP contribution in [0.5, 0.6) is 11.6 Å². The van der Waals surface area contributed by atoms with Gasteiger partial charge in [-0.1, -0.05) is 41.7 Å². The van der Waals surface area contributed by atoms with Crippen LogP contribution in [-0.4, -0.2) is 24.9 Å². The van der Waals surface area contributed by atoms with Crippen molar-refractivity contribution in [3.05, 3.63) is 76.2 Å². The molecular formula is C22H16N6O3S. The Labute approximate surface area is 185 Å². The van der Waals surface area contributed by atoms with E-state index in [-0.39, 0.29) is 17.4 Å². The Balaban J connectivity index is 1.56. The average molecular weight is 444 g/mol. The lowest BCUT2D eigenvalue weighted by atomic mass is 10.2. The van der Waals surface area contributed by atoms with Crippen molar-refractivity contribution in [3.63, 3.8) is 0 Å². The molecule has 0 bridgehead atoms. The smallest absolute Gasteiger partial charge is 0.373 e. The van der Waals surface area contributed by atoms with Crippen LogP contribution in [0.1, 0.15) is 11.3 Å². The van der Waals surface area contributed by atoms with E-state index in [1.807, 2.05) is 50.2 Å². The normalized spacial score (nSPS) is 11.1. The summed E-state index contributed by atoms with van der Waals surface area (Å²) in [5, 5.41) is 16.2. The molecule has 0 atom stereocenters. The summed E-state index contributed by atoms with van der Waals surface area (Å²) < 4.78 is 6.85. The summed E-state index contributed by atoms with van der Waals surface area (Å²) in [6.07, 6.45) is 1.22. The quantitative estimate of drug-likeness (QED) is 0.271. The third-order valence-electron chi connectivity index (χ3n) is 4.85. The van der Waals surface area contributed by atoms with Crippen molar-refractivity contribution < 1.29 is 9.66 Å². The van der Waals surface area contributed by atoms with Crippen LogP contribution in [-0.2, 0) is 0 Å². The first kappa shape index (κ1) is 19.8. The topological polar surface area (TPSA) is 116 Å². The first-order chi connectivity index (χ1) is 15.5. The van der Waals surface area contributed by atoms with Gasteiger partial charge in [0.25, 0.3) is 0 Å². The molecule has 0 aliphatic rings. The summed E-state index contributed by atoms with van der Waals surface area (Å²) in [6, 6.07) is 15.1. The molecule has 0 unspecified atom stereocenters. The molecule has 1 N–H and O–H groups in total. The van der Waals surface area contributed by atoms with Crippen molar-refractivity contribution in [2.24, 2.45) is 0 Å². The maximum atomic E-state index is 11.9. The molecule has 0 saturated heterocycles. The molecule has 0 spiro atoms. The Hall–Kier alpha value is -4.18. The van der Waals surface area contributed by atoms with Crippen LogP contribution in [0.3, 0.4) is 0 Å². The number of fused-ring (bicyclic) bond motifs is 2. The number of nitrogens with zero attached hydrogens (tertiary/aromatic N) is 5. The van der Waals surface area contributed by atoms with Gasteiger partial charge in [-0.3, -0.25) is 10.1 Å². The van der Waals surface area contributed by atoms with Gasteiger partial charge in [-0.15, -0.1) is 0 Å². The summed E-state index contributed by atoms with van der Waals surface area (Å²) in [4.78, 5) is 28.5. The second-order valence-corrected chi connectivity index (χ2v) is 8.11. The van der Waals surface area contributed by atoms with Crippen molar-refractivity contribution in [1.29, 1.82) is 0 Å². The summed E-state index contributed by atoms with van der Waals surface area (Å²) in [5.41, 5.74) is 2.88. The predicted molar refractivity (Wildman–Crippen MR) is 123 cm³/mol. The van der Waals surface area contributed by atoms with E-state index in [2.05, 4.69) is 25.3 Å². The maximum absolute atomic E-state index is 11.9. The van der Waals surface area contributed by atoms with Crippen LogP contribution in [0, 0.1) is 24.0 Å². The third-order valence-corrected chi connectivity index (χ3v) is 5.78. The lowest BCUT2D eigenvalue weighted by Crippen LogP contribution is -2.03. The number of nitrogens with one attached hydrogen (secondary N) is 1. The van der Waals surface area contributed by atoms with Gasteiger partial charge in [0, 0.05) is 11.1 Å². The van der Waals surface area contributed by atoms with E-state index in [0.717, 1.165) is 26.9 Å². The molecule has 3 heterocycles. The first-order valence-electron chi connectivity index (χ1n) is 9.66. The van der Waals surface area contributed by atoms with E-state index >= 15 is 0 Å². The van der Waals surface area contributed by atoms with Crippen molar-refractivity contribution in [3.8, 4) is 11.6 Å². The number of benzene rings is 2. The largest absolute Gasteiger partial charge is 0.431 e. The number of thiazole rings is 1. The van der Waals surface area contributed by atoms with Gasteiger partial charge in [-0.2, -0.15) is 4.98 Å². The van der Waals surface area contributed by atoms with Gasteiger partial charge in [0.2, 0.25) is 5.82 Å². The van der Waals surface area contributed by atoms with Crippen LogP contribution in [0.25, 0.3) is 21.1 Å². The Kier molecular flexibility index (Phi) is 4.83. The van der Waals surface area contributed by atoms with Gasteiger partial charge in [0.05, 0.1) is 15.1 Å². The van der Waals surface area contributed by atoms with E-state index in [4.69, 9.17) is 4.74 Å². The highest BCUT2D eigenvalue weighted by atomic mass is 32.1. The van der Waals surface area contributed by atoms with E-state index in [1.165, 1.54) is 17.7 Å². The SMILES string of the molecule is Cc1ccc2cccc(Oc3ncnc(Nc4nc5c(C)cccc5s4)c3[N+](=O)[O-])c2n1. The molecule has 5 rings (SSSR count). The molecule has 0 amide bonds. The van der Waals surface area contributed by atoms with E-state index in [1.54, 1.807) is 12.1 Å². The second-order valence-electron chi connectivity index (χ2n) is 7.08. The highest BCUT2D eigenvalue weighted by Crippen LogP contribution is 2.38. The summed E-state index contributed by atoms with van der Waals surface area (Å²) in [7, 11) is 0. The number of anilines is 2. The standard InChI is InChI=1S/C22H16N6O3S/c1-12-5-3-8-16-17(12)26-22(32-16)27-20-19(28(29)30)21(24-11-23-20)31-15-7-4-6-14-10-9-13(2)25-18(14)15/h3-11H,1-2H3,(H,23,24,26,27). The lowest BCUT2D eigenvalue weighted by molar-refractivity contribution is -0.385. The van der Waals surface area contributed by atoms with Gasteiger partial charge >= 0.3 is 11.6 Å². The number of aromatic nitrogens is 4. The predicted octanol–water partition coefficient (Wildman–Crippen LogP) is 5.70. The van der Waals surface area contributed by atoms with Crippen LogP contribution in [0.4, 0.5) is 16.6 Å². The zero-order chi connectivity index (χ0) is 22.2. The molecular weight excluding hydrogens is 428 g/mol. The molecule has 9 nitrogen and oxygen atoms in total. The Bertz CT molecular complexity index is 1500. The monoisotopic (exact) mass is 444 g/mol. The fraction of sp³-hybridized carbons (Fsp3) is 0.0909. The molecule has 0 aliphatic carbocycles. The number of para-hydroxylation sites is 2. The van der Waals surface area contributed by atoms with Gasteiger partial charge in [-0.05, 0) is 37.6 Å². The fourth-order valence-corrected chi connectivity index (χ4v) is 4.28. The van der Waals surface area contributed by atoms with E-state index in [9.17, 15) is 10.1 Å². The van der Waals surface area contributed by atoms with Crippen molar-refractivity contribution in [2.45, 2.75) is 13.8 Å². The van der Waals surface area contributed by atoms with Gasteiger partial charge in [0.1, 0.15) is 11.8 Å². The third kappa shape index (κ3) is 3.56. The number of ether oxygens (including phenoxy) is 1. The van der Waals surface area contributed by atoms with E-state index in [0.29, 0.717) is 16.4 Å². The van der Waals surface area contributed by atoms with Crippen LogP contribution >= 0.6 is 11.3 Å². The van der Waals surface area contributed by atoms with Gasteiger partial charge in [-0.25, -0.2) is 15.0 Å². The molecule has 0 radical (unpaired) electrons. The van der Waals surface area contributed by atoms with Crippen LogP contribution < -0.4 is 10.1 Å². The minimum atomic E-state index is -0.569. The van der Waals surface area contributed by atoms with Gasteiger partial charge in [0.15, 0.2) is 10.9 Å². The lowest BCUT2D eigenvalue weighted by Gasteiger charge is -2.10. The Morgan fingerprint density at radius 1 is 1.00 bits per heavy atom. The zero-order valence-electron chi connectivity index (χ0n) is 17.1. The first-order valence-corrected chi connectivity index (χ1v) is 10.5. The molecule has 158 valence electrons. The number of hydrogen-bond acceptors (Lipinski definition) is 9. The number of hydrogen-bond donors (Lipinski definition) is 1. The van der Waals surface area contributed by atoms with Gasteiger partial charge < -0.3 is 10.1 Å². The highest BCUT2D eigenvalue weighted by molar-refractivity contribution is 7.22. The summed E-state index contributed by atoms with van der Waals surface area (Å²) in [6.45, 7) is 3.83. The number of pyridine rings is 1. The van der Waals surface area contributed by atoms with Crippen molar-refractivity contribution in [2.75, 3.05) is 5.32 Å². The molecule has 0 saturated carbocycles. The Morgan fingerprint density at radius 3 is 2.66 bits per heavy atom. The minimum Gasteiger partial charge on any atom is -0.431 e. The number of aryl methyl sites for hydroxylation is 2. The highest BCUT2D eigenvalue weighted by Gasteiger charge is 2.26. The molecule has 3 aromatic heterocycles. The van der Waals surface area contributed by atoms with Crippen LogP contribution in [0.2, 0.25) is 0 Å². The molecule has 0 aliphatic heterocycles. The van der Waals surface area contributed by atoms with Crippen LogP contribution in [0.15, 0.2) is 54.9 Å². The average Bonchev–Trinajstić information content (AvgIpc) is 3.18. The fourth-order valence-electron chi connectivity index (χ4n) is 3.34. The molecule has 10 heteroatoms. The molecule has 0 fully saturated rings. The molecule has 2 aromatic carbocycles. The minimum absolute atomic E-state index is 0.00101. The zero-order valence-corrected chi connectivity index (χ0v) is 17.9. The molecule has 32 heavy (non-hydrogen) atoms. The maximum Gasteiger partial charge on any atom is 0.373 e.